The lowest BCUT2D eigenvalue weighted by Crippen LogP contribution is -2.40. The highest BCUT2D eigenvalue weighted by Crippen LogP contribution is 2.28. The minimum Gasteiger partial charge on any atom is -0.342 e. The lowest BCUT2D eigenvalue weighted by atomic mass is 9.96. The predicted molar refractivity (Wildman–Crippen MR) is 86.2 cm³/mol. The molecule has 0 aliphatic carbocycles. The van der Waals surface area contributed by atoms with E-state index in [9.17, 15) is 18.0 Å². The van der Waals surface area contributed by atoms with Crippen LogP contribution in [-0.2, 0) is 18.4 Å². The first kappa shape index (κ1) is 18.4. The number of alkyl halides is 3. The zero-order chi connectivity index (χ0) is 18.7. The lowest BCUT2D eigenvalue weighted by Gasteiger charge is -2.32. The molecule has 0 bridgehead atoms. The largest absolute Gasteiger partial charge is 0.389 e. The Kier molecular flexibility index (Phi) is 5.28. The molecule has 0 radical (unpaired) electrons. The molecule has 0 aromatic carbocycles. The number of likely N-dealkylation sites (tertiary alicyclic amines) is 1. The number of hydrogen-bond donors (Lipinski definition) is 0. The molecule has 1 aliphatic rings. The number of rotatable bonds is 5. The van der Waals surface area contributed by atoms with Gasteiger partial charge in [0.05, 0.1) is 19.3 Å². The maximum absolute atomic E-state index is 12.3. The molecular formula is C16H21F3N6O. The minimum atomic E-state index is -4.31. The van der Waals surface area contributed by atoms with Gasteiger partial charge in [0, 0.05) is 44.9 Å². The van der Waals surface area contributed by atoms with Gasteiger partial charge in [0.15, 0.2) is 5.82 Å². The van der Waals surface area contributed by atoms with E-state index in [1.807, 2.05) is 22.4 Å². The maximum Gasteiger partial charge on any atom is 0.389 e. The van der Waals surface area contributed by atoms with Crippen LogP contribution >= 0.6 is 0 Å². The van der Waals surface area contributed by atoms with Gasteiger partial charge in [0.25, 0.3) is 0 Å². The minimum absolute atomic E-state index is 0.0207. The Bertz CT molecular complexity index is 740. The average molecular weight is 370 g/mol. The molecule has 3 heterocycles. The summed E-state index contributed by atoms with van der Waals surface area (Å²) < 4.78 is 40.8. The summed E-state index contributed by atoms with van der Waals surface area (Å²) in [6.07, 6.45) is 0.894. The molecule has 26 heavy (non-hydrogen) atoms. The van der Waals surface area contributed by atoms with Crippen molar-refractivity contribution < 1.29 is 18.0 Å². The molecule has 2 aromatic heterocycles. The molecule has 10 heteroatoms. The quantitative estimate of drug-likeness (QED) is 0.808. The molecule has 1 fully saturated rings. The zero-order valence-electron chi connectivity index (χ0n) is 14.5. The van der Waals surface area contributed by atoms with Gasteiger partial charge in [-0.2, -0.15) is 13.2 Å². The molecule has 0 saturated carbocycles. The summed E-state index contributed by atoms with van der Waals surface area (Å²) in [6.45, 7) is 1.41. The first-order valence-corrected chi connectivity index (χ1v) is 8.52. The van der Waals surface area contributed by atoms with E-state index in [0.717, 1.165) is 24.5 Å². The van der Waals surface area contributed by atoms with Crippen molar-refractivity contribution in [1.82, 2.24) is 29.2 Å². The Balaban J connectivity index is 1.64. The van der Waals surface area contributed by atoms with E-state index in [1.165, 1.54) is 4.90 Å². The summed E-state index contributed by atoms with van der Waals surface area (Å²) in [5.74, 6) is 1.05. The van der Waals surface area contributed by atoms with Gasteiger partial charge < -0.3 is 14.0 Å². The molecule has 142 valence electrons. The van der Waals surface area contributed by atoms with Gasteiger partial charge in [0.1, 0.15) is 5.82 Å². The molecular weight excluding hydrogens is 349 g/mol. The normalized spacial score (nSPS) is 18.3. The van der Waals surface area contributed by atoms with Crippen LogP contribution in [0.5, 0.6) is 0 Å². The molecule has 1 amide bonds. The predicted octanol–water partition coefficient (Wildman–Crippen LogP) is 2.11. The molecule has 1 saturated heterocycles. The van der Waals surface area contributed by atoms with Crippen molar-refractivity contribution in [1.29, 1.82) is 0 Å². The highest BCUT2D eigenvalue weighted by atomic mass is 19.4. The number of imidazole rings is 1. The van der Waals surface area contributed by atoms with E-state index in [-0.39, 0.29) is 5.92 Å². The SMILES string of the molecule is Cn1c(Cn2ccnc2)nnc1C1CCCN(C(=O)CCC(F)(F)F)C1. The number of piperidine rings is 1. The summed E-state index contributed by atoms with van der Waals surface area (Å²) in [6, 6.07) is 0. The Morgan fingerprint density at radius 2 is 2.15 bits per heavy atom. The van der Waals surface area contributed by atoms with E-state index in [2.05, 4.69) is 15.2 Å². The third-order valence-corrected chi connectivity index (χ3v) is 4.64. The van der Waals surface area contributed by atoms with Crippen molar-refractivity contribution in [3.05, 3.63) is 30.4 Å². The van der Waals surface area contributed by atoms with Gasteiger partial charge >= 0.3 is 6.18 Å². The van der Waals surface area contributed by atoms with Crippen molar-refractivity contribution in [2.75, 3.05) is 13.1 Å². The Labute approximate surface area is 148 Å². The fraction of sp³-hybridized carbons (Fsp3) is 0.625. The number of amides is 1. The van der Waals surface area contributed by atoms with Crippen LogP contribution in [-0.4, -0.2) is 54.4 Å². The number of halogens is 3. The van der Waals surface area contributed by atoms with E-state index in [1.54, 1.807) is 12.5 Å². The van der Waals surface area contributed by atoms with Crippen LogP contribution in [0.15, 0.2) is 18.7 Å². The third kappa shape index (κ3) is 4.41. The number of carbonyl (C=O) groups is 1. The van der Waals surface area contributed by atoms with Crippen LogP contribution in [0.4, 0.5) is 13.2 Å². The lowest BCUT2D eigenvalue weighted by molar-refractivity contribution is -0.149. The highest BCUT2D eigenvalue weighted by molar-refractivity contribution is 5.76. The second-order valence-electron chi connectivity index (χ2n) is 6.56. The Hall–Kier alpha value is -2.39. The van der Waals surface area contributed by atoms with Crippen molar-refractivity contribution in [2.24, 2.45) is 7.05 Å². The average Bonchev–Trinajstić information content (AvgIpc) is 3.23. The van der Waals surface area contributed by atoms with E-state index < -0.39 is 24.9 Å². The van der Waals surface area contributed by atoms with Gasteiger partial charge in [0.2, 0.25) is 5.91 Å². The van der Waals surface area contributed by atoms with Crippen LogP contribution in [0.25, 0.3) is 0 Å². The number of hydrogen-bond acceptors (Lipinski definition) is 4. The first-order chi connectivity index (χ1) is 12.3. The first-order valence-electron chi connectivity index (χ1n) is 8.52. The fourth-order valence-electron chi connectivity index (χ4n) is 3.23. The van der Waals surface area contributed by atoms with Crippen LogP contribution in [0.1, 0.15) is 43.3 Å². The Morgan fingerprint density at radius 3 is 2.85 bits per heavy atom. The molecule has 3 rings (SSSR count). The van der Waals surface area contributed by atoms with Crippen molar-refractivity contribution in [2.45, 2.75) is 44.3 Å². The third-order valence-electron chi connectivity index (χ3n) is 4.64. The second-order valence-corrected chi connectivity index (χ2v) is 6.56. The van der Waals surface area contributed by atoms with Crippen LogP contribution in [0, 0.1) is 0 Å². The van der Waals surface area contributed by atoms with Gasteiger partial charge in [-0.15, -0.1) is 10.2 Å². The fourth-order valence-corrected chi connectivity index (χ4v) is 3.23. The molecule has 7 nitrogen and oxygen atoms in total. The Morgan fingerprint density at radius 1 is 1.35 bits per heavy atom. The van der Waals surface area contributed by atoms with E-state index >= 15 is 0 Å². The summed E-state index contributed by atoms with van der Waals surface area (Å²) in [5, 5.41) is 8.48. The van der Waals surface area contributed by atoms with Gasteiger partial charge in [-0.3, -0.25) is 4.79 Å². The van der Waals surface area contributed by atoms with Crippen molar-refractivity contribution >= 4 is 5.91 Å². The van der Waals surface area contributed by atoms with Gasteiger partial charge in [-0.25, -0.2) is 4.98 Å². The van der Waals surface area contributed by atoms with Gasteiger partial charge in [-0.1, -0.05) is 0 Å². The second kappa shape index (κ2) is 7.46. The van der Waals surface area contributed by atoms with Crippen LogP contribution in [0.2, 0.25) is 0 Å². The molecule has 2 aromatic rings. The summed E-state index contributed by atoms with van der Waals surface area (Å²) in [4.78, 5) is 17.6. The molecule has 1 aliphatic heterocycles. The van der Waals surface area contributed by atoms with Crippen LogP contribution < -0.4 is 0 Å². The standard InChI is InChI=1S/C16H21F3N6O/c1-23-13(10-24-8-6-20-11-24)21-22-15(23)12-3-2-7-25(9-12)14(26)4-5-16(17,18)19/h6,8,11-12H,2-5,7,9-10H2,1H3. The number of nitrogens with zero attached hydrogens (tertiary/aromatic N) is 6. The van der Waals surface area contributed by atoms with Gasteiger partial charge in [-0.05, 0) is 12.8 Å². The molecule has 0 spiro atoms. The summed E-state index contributed by atoms with van der Waals surface area (Å²) in [5.41, 5.74) is 0. The number of carbonyl (C=O) groups excluding carboxylic acids is 1. The molecule has 0 N–H and O–H groups in total. The summed E-state index contributed by atoms with van der Waals surface area (Å²) in [7, 11) is 1.87. The van der Waals surface area contributed by atoms with E-state index in [0.29, 0.717) is 19.6 Å². The van der Waals surface area contributed by atoms with Crippen molar-refractivity contribution in [3.63, 3.8) is 0 Å². The van der Waals surface area contributed by atoms with Crippen LogP contribution in [0.3, 0.4) is 0 Å². The molecule has 1 unspecified atom stereocenters. The smallest absolute Gasteiger partial charge is 0.342 e. The van der Waals surface area contributed by atoms with Crippen molar-refractivity contribution in [3.8, 4) is 0 Å². The zero-order valence-corrected chi connectivity index (χ0v) is 14.5. The monoisotopic (exact) mass is 370 g/mol. The summed E-state index contributed by atoms with van der Waals surface area (Å²) >= 11 is 0. The molecule has 1 atom stereocenters. The maximum atomic E-state index is 12.3. The topological polar surface area (TPSA) is 68.8 Å². The number of aromatic nitrogens is 5. The highest BCUT2D eigenvalue weighted by Gasteiger charge is 2.32. The van der Waals surface area contributed by atoms with E-state index in [4.69, 9.17) is 0 Å².